The van der Waals surface area contributed by atoms with Gasteiger partial charge in [0.05, 0.1) is 18.3 Å². The highest BCUT2D eigenvalue weighted by Crippen LogP contribution is 2.16. The Balaban J connectivity index is 2.26. The van der Waals surface area contributed by atoms with Crippen molar-refractivity contribution in [2.24, 2.45) is 0 Å². The molecule has 1 aliphatic heterocycles. The Hall–Kier alpha value is -2.18. The molecule has 1 aromatic rings. The van der Waals surface area contributed by atoms with Crippen LogP contribution in [-0.2, 0) is 4.79 Å². The second kappa shape index (κ2) is 6.31. The summed E-state index contributed by atoms with van der Waals surface area (Å²) >= 11 is 0. The molecule has 1 aliphatic rings. The van der Waals surface area contributed by atoms with Crippen molar-refractivity contribution in [3.63, 3.8) is 0 Å². The molecule has 0 unspecified atom stereocenters. The second-order valence-electron chi connectivity index (χ2n) is 4.51. The Morgan fingerprint density at radius 1 is 1.60 bits per heavy atom. The molecule has 1 saturated heterocycles. The van der Waals surface area contributed by atoms with Crippen molar-refractivity contribution in [2.75, 3.05) is 31.5 Å². The average Bonchev–Trinajstić information content (AvgIpc) is 2.65. The van der Waals surface area contributed by atoms with Crippen LogP contribution in [0, 0.1) is 5.82 Å². The van der Waals surface area contributed by atoms with Crippen molar-refractivity contribution < 1.29 is 14.0 Å². The topological polar surface area (TPSA) is 74.3 Å². The monoisotopic (exact) mass is 280 g/mol. The summed E-state index contributed by atoms with van der Waals surface area (Å²) in [5.74, 6) is -0.826. The van der Waals surface area contributed by atoms with Gasteiger partial charge in [-0.2, -0.15) is 0 Å². The fraction of sp³-hybridized carbons (Fsp3) is 0.462. The number of amides is 2. The van der Waals surface area contributed by atoms with Gasteiger partial charge in [0.25, 0.3) is 5.91 Å². The molecule has 0 radical (unpaired) electrons. The summed E-state index contributed by atoms with van der Waals surface area (Å²) in [6.07, 6.45) is 1.74. The standard InChI is InChI=1S/C13H17FN4O2/c1-2-15-12-10(6-9(14)7-17-12)13(20)18-5-3-4-16-11(19)8-18/h6-7H,2-5,8H2,1H3,(H,15,17)(H,16,19). The molecule has 0 spiro atoms. The summed E-state index contributed by atoms with van der Waals surface area (Å²) in [6.45, 7) is 3.42. The van der Waals surface area contributed by atoms with Crippen molar-refractivity contribution in [1.82, 2.24) is 15.2 Å². The lowest BCUT2D eigenvalue weighted by Gasteiger charge is -2.20. The van der Waals surface area contributed by atoms with Crippen LogP contribution in [0.4, 0.5) is 10.2 Å². The van der Waals surface area contributed by atoms with Gasteiger partial charge in [0.1, 0.15) is 11.6 Å². The minimum absolute atomic E-state index is 0.0130. The summed E-state index contributed by atoms with van der Waals surface area (Å²) in [6, 6.07) is 1.15. The van der Waals surface area contributed by atoms with Gasteiger partial charge in [0.2, 0.25) is 5.91 Å². The van der Waals surface area contributed by atoms with E-state index < -0.39 is 5.82 Å². The number of nitrogens with one attached hydrogen (secondary N) is 2. The summed E-state index contributed by atoms with van der Waals surface area (Å²) < 4.78 is 13.3. The Kier molecular flexibility index (Phi) is 4.49. The molecule has 2 heterocycles. The molecule has 2 rings (SSSR count). The van der Waals surface area contributed by atoms with Gasteiger partial charge in [-0.1, -0.05) is 0 Å². The van der Waals surface area contributed by atoms with E-state index in [1.807, 2.05) is 6.92 Å². The van der Waals surface area contributed by atoms with Gasteiger partial charge in [-0.05, 0) is 19.4 Å². The Morgan fingerprint density at radius 3 is 3.15 bits per heavy atom. The van der Waals surface area contributed by atoms with Crippen LogP contribution in [0.15, 0.2) is 12.3 Å². The first kappa shape index (κ1) is 14.2. The average molecular weight is 280 g/mol. The maximum absolute atomic E-state index is 13.3. The Morgan fingerprint density at radius 2 is 2.40 bits per heavy atom. The number of halogens is 1. The largest absolute Gasteiger partial charge is 0.370 e. The van der Waals surface area contributed by atoms with Crippen molar-refractivity contribution >= 4 is 17.6 Å². The van der Waals surface area contributed by atoms with Crippen LogP contribution in [0.5, 0.6) is 0 Å². The van der Waals surface area contributed by atoms with Crippen molar-refractivity contribution in [2.45, 2.75) is 13.3 Å². The smallest absolute Gasteiger partial charge is 0.258 e. The molecule has 1 fully saturated rings. The highest BCUT2D eigenvalue weighted by atomic mass is 19.1. The Bertz CT molecular complexity index is 521. The zero-order chi connectivity index (χ0) is 14.5. The van der Waals surface area contributed by atoms with Crippen molar-refractivity contribution in [3.8, 4) is 0 Å². The van der Waals surface area contributed by atoms with E-state index in [4.69, 9.17) is 0 Å². The van der Waals surface area contributed by atoms with Gasteiger partial charge in [0.15, 0.2) is 0 Å². The maximum atomic E-state index is 13.3. The number of nitrogens with zero attached hydrogens (tertiary/aromatic N) is 2. The van der Waals surface area contributed by atoms with Crippen molar-refractivity contribution in [3.05, 3.63) is 23.6 Å². The van der Waals surface area contributed by atoms with Crippen LogP contribution < -0.4 is 10.6 Å². The van der Waals surface area contributed by atoms with Crippen LogP contribution in [0.2, 0.25) is 0 Å². The van der Waals surface area contributed by atoms with E-state index in [2.05, 4.69) is 15.6 Å². The van der Waals surface area contributed by atoms with Gasteiger partial charge in [0, 0.05) is 19.6 Å². The summed E-state index contributed by atoms with van der Waals surface area (Å²) in [7, 11) is 0. The minimum Gasteiger partial charge on any atom is -0.370 e. The highest BCUT2D eigenvalue weighted by molar-refractivity contribution is 6.00. The quantitative estimate of drug-likeness (QED) is 0.851. The van der Waals surface area contributed by atoms with Crippen molar-refractivity contribution in [1.29, 1.82) is 0 Å². The summed E-state index contributed by atoms with van der Waals surface area (Å²) in [5.41, 5.74) is 0.154. The zero-order valence-corrected chi connectivity index (χ0v) is 11.3. The lowest BCUT2D eigenvalue weighted by Crippen LogP contribution is -2.37. The third-order valence-corrected chi connectivity index (χ3v) is 2.98. The number of anilines is 1. The van der Waals surface area contributed by atoms with Crippen LogP contribution in [-0.4, -0.2) is 47.9 Å². The molecule has 6 nitrogen and oxygen atoms in total. The fourth-order valence-corrected chi connectivity index (χ4v) is 2.06. The molecule has 2 amide bonds. The third-order valence-electron chi connectivity index (χ3n) is 2.98. The molecular weight excluding hydrogens is 263 g/mol. The molecule has 108 valence electrons. The number of pyridine rings is 1. The number of hydrogen-bond donors (Lipinski definition) is 2. The number of aromatic nitrogens is 1. The van der Waals surface area contributed by atoms with Gasteiger partial charge in [-0.25, -0.2) is 9.37 Å². The van der Waals surface area contributed by atoms with E-state index in [0.717, 1.165) is 12.3 Å². The highest BCUT2D eigenvalue weighted by Gasteiger charge is 2.24. The molecular formula is C13H17FN4O2. The molecule has 7 heteroatoms. The van der Waals surface area contributed by atoms with E-state index in [1.54, 1.807) is 0 Å². The second-order valence-corrected chi connectivity index (χ2v) is 4.51. The first-order valence-electron chi connectivity index (χ1n) is 6.57. The number of hydrogen-bond acceptors (Lipinski definition) is 4. The Labute approximate surface area is 116 Å². The lowest BCUT2D eigenvalue weighted by atomic mass is 10.2. The first-order valence-corrected chi connectivity index (χ1v) is 6.57. The van der Waals surface area contributed by atoms with E-state index in [-0.39, 0.29) is 23.9 Å². The molecule has 0 aliphatic carbocycles. The van der Waals surface area contributed by atoms with Crippen LogP contribution in [0.1, 0.15) is 23.7 Å². The molecule has 0 aromatic carbocycles. The number of rotatable bonds is 3. The SMILES string of the molecule is CCNc1ncc(F)cc1C(=O)N1CCCNC(=O)C1. The molecule has 2 N–H and O–H groups in total. The van der Waals surface area contributed by atoms with E-state index in [1.165, 1.54) is 4.90 Å². The summed E-state index contributed by atoms with van der Waals surface area (Å²) in [4.78, 5) is 29.3. The summed E-state index contributed by atoms with van der Waals surface area (Å²) in [5, 5.41) is 5.62. The van der Waals surface area contributed by atoms with Gasteiger partial charge in [-0.3, -0.25) is 9.59 Å². The van der Waals surface area contributed by atoms with Gasteiger partial charge >= 0.3 is 0 Å². The first-order chi connectivity index (χ1) is 9.61. The maximum Gasteiger partial charge on any atom is 0.258 e. The van der Waals surface area contributed by atoms with Gasteiger partial charge in [-0.15, -0.1) is 0 Å². The normalized spacial score (nSPS) is 15.5. The number of carbonyl (C=O) groups excluding carboxylic acids is 2. The predicted molar refractivity (Wildman–Crippen MR) is 71.9 cm³/mol. The minimum atomic E-state index is -0.575. The molecule has 0 bridgehead atoms. The predicted octanol–water partition coefficient (Wildman–Crippen LogP) is 0.615. The van der Waals surface area contributed by atoms with E-state index in [0.29, 0.717) is 31.9 Å². The lowest BCUT2D eigenvalue weighted by molar-refractivity contribution is -0.121. The number of carbonyl (C=O) groups is 2. The molecule has 20 heavy (non-hydrogen) atoms. The fourth-order valence-electron chi connectivity index (χ4n) is 2.06. The van der Waals surface area contributed by atoms with E-state index in [9.17, 15) is 14.0 Å². The van der Waals surface area contributed by atoms with Gasteiger partial charge < -0.3 is 15.5 Å². The molecule has 1 aromatic heterocycles. The van der Waals surface area contributed by atoms with Crippen LogP contribution in [0.25, 0.3) is 0 Å². The van der Waals surface area contributed by atoms with Crippen LogP contribution >= 0.6 is 0 Å². The molecule has 0 saturated carbocycles. The molecule has 0 atom stereocenters. The third kappa shape index (κ3) is 3.23. The van der Waals surface area contributed by atoms with E-state index >= 15 is 0 Å². The zero-order valence-electron chi connectivity index (χ0n) is 11.3. The van der Waals surface area contributed by atoms with Crippen LogP contribution in [0.3, 0.4) is 0 Å².